The van der Waals surface area contributed by atoms with Crippen molar-refractivity contribution in [2.45, 2.75) is 45.4 Å². The molecule has 0 unspecified atom stereocenters. The number of hydrogen-bond donors (Lipinski definition) is 2. The number of sulfonamides is 1. The molecule has 0 aromatic heterocycles. The van der Waals surface area contributed by atoms with Gasteiger partial charge in [-0.15, -0.1) is 0 Å². The summed E-state index contributed by atoms with van der Waals surface area (Å²) in [5, 5.41) is 3.32. The Labute approximate surface area is 111 Å². The van der Waals surface area contributed by atoms with E-state index in [1.807, 2.05) is 0 Å². The van der Waals surface area contributed by atoms with Gasteiger partial charge in [-0.25, -0.2) is 13.1 Å². The van der Waals surface area contributed by atoms with Crippen molar-refractivity contribution in [2.24, 2.45) is 11.3 Å². The van der Waals surface area contributed by atoms with Crippen molar-refractivity contribution < 1.29 is 8.42 Å². The minimum atomic E-state index is -3.06. The Morgan fingerprint density at radius 2 is 1.94 bits per heavy atom. The van der Waals surface area contributed by atoms with E-state index in [-0.39, 0.29) is 5.41 Å². The van der Waals surface area contributed by atoms with Crippen LogP contribution in [0.3, 0.4) is 0 Å². The average molecular weight is 274 g/mol. The third kappa shape index (κ3) is 4.21. The summed E-state index contributed by atoms with van der Waals surface area (Å²) >= 11 is 0. The average Bonchev–Trinajstić information content (AvgIpc) is 2.26. The van der Waals surface area contributed by atoms with Crippen molar-refractivity contribution in [1.82, 2.24) is 10.0 Å². The van der Waals surface area contributed by atoms with E-state index in [4.69, 9.17) is 0 Å². The highest BCUT2D eigenvalue weighted by Gasteiger charge is 2.28. The first-order chi connectivity index (χ1) is 8.49. The Morgan fingerprint density at radius 1 is 1.28 bits per heavy atom. The molecular weight excluding hydrogens is 248 g/mol. The normalized spacial score (nSPS) is 24.7. The van der Waals surface area contributed by atoms with Crippen molar-refractivity contribution in [1.29, 1.82) is 0 Å². The van der Waals surface area contributed by atoms with Gasteiger partial charge in [0, 0.05) is 6.54 Å². The lowest BCUT2D eigenvalue weighted by Gasteiger charge is -2.34. The number of nitrogens with one attached hydrogen (secondary N) is 2. The molecule has 1 heterocycles. The first kappa shape index (κ1) is 14.3. The monoisotopic (exact) mass is 274 g/mol. The van der Waals surface area contributed by atoms with E-state index in [9.17, 15) is 8.42 Å². The summed E-state index contributed by atoms with van der Waals surface area (Å²) in [6, 6.07) is 0. The Hall–Kier alpha value is -0.130. The van der Waals surface area contributed by atoms with E-state index < -0.39 is 10.0 Å². The van der Waals surface area contributed by atoms with E-state index in [0.29, 0.717) is 18.2 Å². The van der Waals surface area contributed by atoms with Crippen LogP contribution in [0, 0.1) is 11.3 Å². The van der Waals surface area contributed by atoms with Gasteiger partial charge in [0.15, 0.2) is 0 Å². The van der Waals surface area contributed by atoms with E-state index in [1.54, 1.807) is 0 Å². The maximum absolute atomic E-state index is 11.9. The first-order valence-corrected chi connectivity index (χ1v) is 8.82. The van der Waals surface area contributed by atoms with Gasteiger partial charge in [-0.1, -0.05) is 26.2 Å². The molecular formula is C13H26N2O2S. The van der Waals surface area contributed by atoms with E-state index in [1.165, 1.54) is 19.3 Å². The molecule has 0 aromatic carbocycles. The summed E-state index contributed by atoms with van der Waals surface area (Å²) in [5.74, 6) is 0.975. The van der Waals surface area contributed by atoms with Crippen LogP contribution in [0.1, 0.15) is 45.4 Å². The zero-order valence-electron chi connectivity index (χ0n) is 11.4. The van der Waals surface area contributed by atoms with Crippen LogP contribution in [-0.4, -0.2) is 33.8 Å². The lowest BCUT2D eigenvalue weighted by Crippen LogP contribution is -2.43. The predicted octanol–water partition coefficient (Wildman–Crippen LogP) is 1.49. The zero-order chi connectivity index (χ0) is 13.1. The molecule has 106 valence electrons. The second-order valence-corrected chi connectivity index (χ2v) is 8.21. The second kappa shape index (κ2) is 5.88. The van der Waals surface area contributed by atoms with Gasteiger partial charge in [-0.3, -0.25) is 0 Å². The fraction of sp³-hybridized carbons (Fsp3) is 1.00. The van der Waals surface area contributed by atoms with Crippen LogP contribution >= 0.6 is 0 Å². The molecule has 1 saturated heterocycles. The van der Waals surface area contributed by atoms with Crippen LogP contribution in [0.25, 0.3) is 0 Å². The molecule has 2 fully saturated rings. The molecule has 5 heteroatoms. The summed E-state index contributed by atoms with van der Waals surface area (Å²) in [6.07, 6.45) is 6.67. The molecule has 1 aliphatic carbocycles. The highest BCUT2D eigenvalue weighted by Crippen LogP contribution is 2.30. The highest BCUT2D eigenvalue weighted by atomic mass is 32.2. The van der Waals surface area contributed by atoms with Crippen molar-refractivity contribution in [2.75, 3.05) is 25.4 Å². The van der Waals surface area contributed by atoms with Crippen LogP contribution in [0.5, 0.6) is 0 Å². The van der Waals surface area contributed by atoms with Crippen LogP contribution < -0.4 is 10.0 Å². The number of hydrogen-bond acceptors (Lipinski definition) is 3. The maximum Gasteiger partial charge on any atom is 0.211 e. The summed E-state index contributed by atoms with van der Waals surface area (Å²) < 4.78 is 26.7. The molecule has 0 atom stereocenters. The fourth-order valence-corrected chi connectivity index (χ4v) is 4.02. The smallest absolute Gasteiger partial charge is 0.211 e. The molecule has 0 amide bonds. The van der Waals surface area contributed by atoms with Crippen LogP contribution in [0.4, 0.5) is 0 Å². The maximum atomic E-state index is 11.9. The first-order valence-electron chi connectivity index (χ1n) is 7.17. The summed E-state index contributed by atoms with van der Waals surface area (Å²) in [6.45, 7) is 4.78. The second-order valence-electron chi connectivity index (χ2n) is 6.29. The van der Waals surface area contributed by atoms with Crippen molar-refractivity contribution in [3.63, 3.8) is 0 Å². The Balaban J connectivity index is 1.73. The van der Waals surface area contributed by atoms with E-state index >= 15 is 0 Å². The van der Waals surface area contributed by atoms with E-state index in [0.717, 1.165) is 32.4 Å². The van der Waals surface area contributed by atoms with Gasteiger partial charge in [-0.2, -0.15) is 0 Å². The summed E-state index contributed by atoms with van der Waals surface area (Å²) in [5.41, 5.74) is 0.134. The fourth-order valence-electron chi connectivity index (χ4n) is 2.67. The minimum Gasteiger partial charge on any atom is -0.317 e. The lowest BCUT2D eigenvalue weighted by molar-refractivity contribution is 0.232. The zero-order valence-corrected chi connectivity index (χ0v) is 12.2. The molecule has 0 spiro atoms. The largest absolute Gasteiger partial charge is 0.317 e. The standard InChI is InChI=1S/C13H26N2O2S/c1-13(6-8-14-9-7-13)11-15-18(16,17)10-5-12-3-2-4-12/h12,14-15H,2-11H2,1H3. The predicted molar refractivity (Wildman–Crippen MR) is 74.0 cm³/mol. The minimum absolute atomic E-state index is 0.134. The molecule has 2 N–H and O–H groups in total. The molecule has 1 aliphatic heterocycles. The van der Waals surface area contributed by atoms with E-state index in [2.05, 4.69) is 17.0 Å². The summed E-state index contributed by atoms with van der Waals surface area (Å²) in [4.78, 5) is 0. The Bertz CT molecular complexity index is 357. The van der Waals surface area contributed by atoms with Gasteiger partial charge in [0.05, 0.1) is 5.75 Å². The molecule has 1 saturated carbocycles. The van der Waals surface area contributed by atoms with Gasteiger partial charge in [0.25, 0.3) is 0 Å². The van der Waals surface area contributed by atoms with Gasteiger partial charge in [0.2, 0.25) is 10.0 Å². The van der Waals surface area contributed by atoms with Crippen molar-refractivity contribution >= 4 is 10.0 Å². The van der Waals surface area contributed by atoms with Gasteiger partial charge in [0.1, 0.15) is 0 Å². The number of rotatable bonds is 6. The third-order valence-corrected chi connectivity index (χ3v) is 5.91. The van der Waals surface area contributed by atoms with Gasteiger partial charge >= 0.3 is 0 Å². The van der Waals surface area contributed by atoms with Crippen molar-refractivity contribution in [3.05, 3.63) is 0 Å². The molecule has 0 aromatic rings. The SMILES string of the molecule is CC1(CNS(=O)(=O)CCC2CCC2)CCNCC1. The van der Waals surface area contributed by atoms with Gasteiger partial charge < -0.3 is 5.32 Å². The Kier molecular flexibility index (Phi) is 4.67. The molecule has 0 radical (unpaired) electrons. The molecule has 18 heavy (non-hydrogen) atoms. The summed E-state index contributed by atoms with van der Waals surface area (Å²) in [7, 11) is -3.06. The number of piperidine rings is 1. The van der Waals surface area contributed by atoms with Crippen molar-refractivity contribution in [3.8, 4) is 0 Å². The molecule has 2 rings (SSSR count). The van der Waals surface area contributed by atoms with Crippen LogP contribution in [-0.2, 0) is 10.0 Å². The topological polar surface area (TPSA) is 58.2 Å². The quantitative estimate of drug-likeness (QED) is 0.771. The third-order valence-electron chi connectivity index (χ3n) is 4.55. The lowest BCUT2D eigenvalue weighted by atomic mass is 9.81. The highest BCUT2D eigenvalue weighted by molar-refractivity contribution is 7.89. The van der Waals surface area contributed by atoms with Gasteiger partial charge in [-0.05, 0) is 43.7 Å². The molecule has 4 nitrogen and oxygen atoms in total. The molecule has 0 bridgehead atoms. The molecule has 2 aliphatic rings. The van der Waals surface area contributed by atoms with Crippen LogP contribution in [0.15, 0.2) is 0 Å². The Morgan fingerprint density at radius 3 is 2.50 bits per heavy atom. The van der Waals surface area contributed by atoms with Crippen LogP contribution in [0.2, 0.25) is 0 Å².